The second kappa shape index (κ2) is 3.48. The molecule has 0 aromatic rings. The van der Waals surface area contributed by atoms with Gasteiger partial charge in [0.1, 0.15) is 6.10 Å². The summed E-state index contributed by atoms with van der Waals surface area (Å²) < 4.78 is 57.5. The van der Waals surface area contributed by atoms with Crippen LogP contribution in [0.4, 0.5) is 8.78 Å². The van der Waals surface area contributed by atoms with Crippen molar-refractivity contribution in [2.45, 2.75) is 37.0 Å². The molecule has 0 aromatic heterocycles. The second-order valence-corrected chi connectivity index (χ2v) is 8.24. The lowest BCUT2D eigenvalue weighted by Crippen LogP contribution is -2.63. The quantitative estimate of drug-likeness (QED) is 0.698. The number of halogens is 2. The molecule has 20 heavy (non-hydrogen) atoms. The molecular formula is C12H16F2O5S. The van der Waals surface area contributed by atoms with Crippen LogP contribution in [0, 0.1) is 29.1 Å². The molecule has 3 N–H and O–H groups in total. The highest BCUT2D eigenvalue weighted by molar-refractivity contribution is 8.20. The molecule has 4 saturated carbocycles. The van der Waals surface area contributed by atoms with Crippen LogP contribution in [0.2, 0.25) is 0 Å². The molecule has 4 rings (SSSR count). The van der Waals surface area contributed by atoms with Gasteiger partial charge >= 0.3 is 11.2 Å². The number of hydrogen-bond donors (Lipinski definition) is 3. The molecule has 4 aliphatic carbocycles. The molecule has 0 aliphatic heterocycles. The van der Waals surface area contributed by atoms with Gasteiger partial charge in [0.2, 0.25) is 0 Å². The van der Waals surface area contributed by atoms with Crippen molar-refractivity contribution < 1.29 is 32.0 Å². The number of ether oxygens (including phenoxy) is 1. The first kappa shape index (κ1) is 13.2. The van der Waals surface area contributed by atoms with Gasteiger partial charge in [0.25, 0.3) is 0 Å². The van der Waals surface area contributed by atoms with E-state index in [1.165, 1.54) is 6.42 Å². The van der Waals surface area contributed by atoms with E-state index < -0.39 is 28.2 Å². The molecule has 8 heteroatoms. The van der Waals surface area contributed by atoms with Crippen molar-refractivity contribution in [3.63, 3.8) is 0 Å². The normalized spacial score (nSPS) is 49.1. The zero-order valence-corrected chi connectivity index (χ0v) is 11.4. The number of carbonyl (C=O) groups is 1. The molecule has 4 fully saturated rings. The van der Waals surface area contributed by atoms with Crippen molar-refractivity contribution in [3.8, 4) is 0 Å². The first-order chi connectivity index (χ1) is 9.18. The third-order valence-electron chi connectivity index (χ3n) is 6.21. The Labute approximate surface area is 115 Å². The molecule has 0 radical (unpaired) electrons. The summed E-state index contributed by atoms with van der Waals surface area (Å²) in [4.78, 5) is 11.5. The van der Waals surface area contributed by atoms with E-state index in [1.54, 1.807) is 0 Å². The highest BCUT2D eigenvalue weighted by Crippen LogP contribution is 2.81. The van der Waals surface area contributed by atoms with Crippen molar-refractivity contribution in [1.29, 1.82) is 0 Å². The lowest BCUT2D eigenvalue weighted by atomic mass is 9.38. The third kappa shape index (κ3) is 1.27. The Balaban J connectivity index is 1.50. The fraction of sp³-hybridized carbons (Fsp3) is 0.917. The van der Waals surface area contributed by atoms with Gasteiger partial charge in [-0.25, -0.2) is 4.79 Å². The van der Waals surface area contributed by atoms with E-state index in [9.17, 15) is 13.6 Å². The van der Waals surface area contributed by atoms with Crippen LogP contribution in [0.15, 0.2) is 0 Å². The number of fused-ring (bicyclic) bond motifs is 1. The largest absolute Gasteiger partial charge is 0.456 e. The number of carbonyl (C=O) groups excluding carboxylic acids is 1. The van der Waals surface area contributed by atoms with Gasteiger partial charge in [0.15, 0.2) is 10.9 Å². The summed E-state index contributed by atoms with van der Waals surface area (Å²) in [5.41, 5.74) is 0.215. The topological polar surface area (TPSA) is 87.0 Å². The molecule has 6 unspecified atom stereocenters. The second-order valence-electron chi connectivity index (χ2n) is 6.69. The highest BCUT2D eigenvalue weighted by atomic mass is 32.3. The van der Waals surface area contributed by atoms with Crippen LogP contribution < -0.4 is 0 Å². The van der Waals surface area contributed by atoms with Crippen molar-refractivity contribution in [2.75, 3.05) is 0 Å². The summed E-state index contributed by atoms with van der Waals surface area (Å²) in [6, 6.07) is 0. The lowest BCUT2D eigenvalue weighted by molar-refractivity contribution is -0.222. The number of alkyl halides is 2. The average Bonchev–Trinajstić information content (AvgIpc) is 2.78. The zero-order valence-electron chi connectivity index (χ0n) is 10.5. The van der Waals surface area contributed by atoms with Gasteiger partial charge in [-0.2, -0.15) is 8.78 Å². The van der Waals surface area contributed by atoms with Crippen molar-refractivity contribution >= 4 is 16.8 Å². The Bertz CT molecular complexity index is 493. The Morgan fingerprint density at radius 3 is 2.40 bits per heavy atom. The van der Waals surface area contributed by atoms with E-state index in [2.05, 4.69) is 0 Å². The van der Waals surface area contributed by atoms with Crippen LogP contribution >= 0.6 is 10.9 Å². The van der Waals surface area contributed by atoms with Gasteiger partial charge < -0.3 is 18.4 Å². The summed E-state index contributed by atoms with van der Waals surface area (Å²) >= 11 is 0. The Morgan fingerprint density at radius 2 is 1.85 bits per heavy atom. The van der Waals surface area contributed by atoms with E-state index in [1.807, 2.05) is 0 Å². The Morgan fingerprint density at radius 1 is 1.20 bits per heavy atom. The fourth-order valence-corrected chi connectivity index (χ4v) is 5.72. The SMILES string of the molecule is O=C(OC1C2CC3CC4CC1C34C2)C(F)(F)S(O)(O)O. The van der Waals surface area contributed by atoms with Gasteiger partial charge in [-0.05, 0) is 48.9 Å². The Hall–Kier alpha value is -0.440. The van der Waals surface area contributed by atoms with Crippen LogP contribution in [0.1, 0.15) is 25.7 Å². The van der Waals surface area contributed by atoms with Gasteiger partial charge in [-0.3, -0.25) is 0 Å². The third-order valence-corrected chi connectivity index (χ3v) is 7.06. The molecule has 114 valence electrons. The zero-order chi connectivity index (χ0) is 14.5. The molecule has 0 aromatic carbocycles. The van der Waals surface area contributed by atoms with E-state index in [0.717, 1.165) is 19.3 Å². The minimum atomic E-state index is -5.28. The average molecular weight is 310 g/mol. The van der Waals surface area contributed by atoms with E-state index in [4.69, 9.17) is 18.4 Å². The molecule has 6 atom stereocenters. The molecule has 5 nitrogen and oxygen atoms in total. The molecule has 4 aliphatic rings. The van der Waals surface area contributed by atoms with Crippen LogP contribution in [-0.2, 0) is 9.53 Å². The highest BCUT2D eigenvalue weighted by Gasteiger charge is 2.77. The summed E-state index contributed by atoms with van der Waals surface area (Å²) in [5, 5.41) is -4.66. The monoisotopic (exact) mass is 310 g/mol. The van der Waals surface area contributed by atoms with Gasteiger partial charge in [0, 0.05) is 5.92 Å². The number of rotatable bonds is 3. The van der Waals surface area contributed by atoms with Crippen molar-refractivity contribution in [3.05, 3.63) is 0 Å². The van der Waals surface area contributed by atoms with Gasteiger partial charge in [0.05, 0.1) is 0 Å². The molecular weight excluding hydrogens is 294 g/mol. The molecule has 0 amide bonds. The van der Waals surface area contributed by atoms with E-state index >= 15 is 0 Å². The maximum atomic E-state index is 13.4. The summed E-state index contributed by atoms with van der Waals surface area (Å²) in [6.45, 7) is 0. The Kier molecular flexibility index (Phi) is 2.30. The molecule has 1 spiro atoms. The van der Waals surface area contributed by atoms with Gasteiger partial charge in [-0.15, -0.1) is 0 Å². The molecule has 0 heterocycles. The maximum absolute atomic E-state index is 13.4. The van der Waals surface area contributed by atoms with Gasteiger partial charge in [-0.1, -0.05) is 0 Å². The number of hydrogen-bond acceptors (Lipinski definition) is 5. The standard InChI is InChI=1S/C12H16F2O5S/c13-12(14,20(16,17)18)10(15)19-9-5-1-6-2-7-3-8(9)11(6,7)4-5/h5-9,16-18H,1-4H2. The lowest BCUT2D eigenvalue weighted by Gasteiger charge is -2.67. The first-order valence-electron chi connectivity index (χ1n) is 6.77. The predicted octanol–water partition coefficient (Wildman–Crippen LogP) is 2.78. The van der Waals surface area contributed by atoms with E-state index in [0.29, 0.717) is 11.8 Å². The van der Waals surface area contributed by atoms with Crippen LogP contribution in [0.3, 0.4) is 0 Å². The van der Waals surface area contributed by atoms with Crippen molar-refractivity contribution in [2.24, 2.45) is 29.1 Å². The minimum Gasteiger partial charge on any atom is -0.456 e. The minimum absolute atomic E-state index is 0.109. The predicted molar refractivity (Wildman–Crippen MR) is 65.2 cm³/mol. The summed E-state index contributed by atoms with van der Waals surface area (Å²) in [6.07, 6.45) is 3.41. The van der Waals surface area contributed by atoms with Crippen LogP contribution in [0.5, 0.6) is 0 Å². The van der Waals surface area contributed by atoms with E-state index in [-0.39, 0.29) is 17.3 Å². The summed E-state index contributed by atoms with van der Waals surface area (Å²) in [7, 11) is -5.28. The first-order valence-corrected chi connectivity index (χ1v) is 8.27. The smallest absolute Gasteiger partial charge is 0.436 e. The molecule has 2 bridgehead atoms. The number of esters is 1. The van der Waals surface area contributed by atoms with Crippen LogP contribution in [0.25, 0.3) is 0 Å². The van der Waals surface area contributed by atoms with Crippen LogP contribution in [-0.4, -0.2) is 31.0 Å². The fourth-order valence-electron chi connectivity index (χ4n) is 5.45. The maximum Gasteiger partial charge on any atom is 0.436 e. The molecule has 0 saturated heterocycles. The summed E-state index contributed by atoms with van der Waals surface area (Å²) in [5.74, 6) is -0.453. The van der Waals surface area contributed by atoms with Crippen molar-refractivity contribution in [1.82, 2.24) is 0 Å².